The minimum Gasteiger partial charge on any atom is -0.488 e. The Hall–Kier alpha value is -4.88. The van der Waals surface area contributed by atoms with Crippen LogP contribution in [0.15, 0.2) is 66.9 Å². The molecule has 250 valence electrons. The Kier molecular flexibility index (Phi) is 8.34. The molecule has 1 aliphatic carbocycles. The number of sulfonamides is 1. The van der Waals surface area contributed by atoms with Gasteiger partial charge in [0.05, 0.1) is 35.1 Å². The first-order chi connectivity index (χ1) is 23.0. The van der Waals surface area contributed by atoms with E-state index in [1.54, 1.807) is 54.6 Å². The zero-order chi connectivity index (χ0) is 33.6. The third kappa shape index (κ3) is 6.47. The first-order valence-corrected chi connectivity index (χ1v) is 17.9. The van der Waals surface area contributed by atoms with Crippen LogP contribution < -0.4 is 19.9 Å². The summed E-state index contributed by atoms with van der Waals surface area (Å²) in [6, 6.07) is 17.1. The average Bonchev–Trinajstić information content (AvgIpc) is 3.61. The third-order valence-electron chi connectivity index (χ3n) is 9.13. The molecule has 3 aromatic carbocycles. The number of nitrogen functional groups attached to an aromatic ring is 1. The maximum Gasteiger partial charge on any atom is 0.229 e. The molecule has 0 spiro atoms. The van der Waals surface area contributed by atoms with Crippen LogP contribution in [-0.2, 0) is 10.0 Å². The number of nitrogens with zero attached hydrogens (tertiary/aromatic N) is 3. The molecule has 0 amide bonds. The highest BCUT2D eigenvalue weighted by Gasteiger charge is 2.30. The van der Waals surface area contributed by atoms with Gasteiger partial charge >= 0.3 is 0 Å². The number of aromatic amines is 1. The van der Waals surface area contributed by atoms with E-state index in [0.29, 0.717) is 39.8 Å². The number of aryl methyl sites for hydroxylation is 1. The Morgan fingerprint density at radius 1 is 1.02 bits per heavy atom. The van der Waals surface area contributed by atoms with Crippen molar-refractivity contribution < 1.29 is 27.1 Å². The summed E-state index contributed by atoms with van der Waals surface area (Å²) in [5, 5.41) is 5.06. The second-order valence-electron chi connectivity index (χ2n) is 12.6. The maximum atomic E-state index is 14.1. The van der Waals surface area contributed by atoms with Gasteiger partial charge in [0.25, 0.3) is 0 Å². The number of carbonyl (C=O) groups excluding carboxylic acids is 1. The Balaban J connectivity index is 1.12. The monoisotopic (exact) mass is 672 g/mol. The molecule has 1 saturated carbocycles. The van der Waals surface area contributed by atoms with Crippen LogP contribution in [0.4, 0.5) is 15.9 Å². The predicted molar refractivity (Wildman–Crippen MR) is 182 cm³/mol. The van der Waals surface area contributed by atoms with Crippen molar-refractivity contribution in [3.63, 3.8) is 0 Å². The van der Waals surface area contributed by atoms with Crippen molar-refractivity contribution in [3.8, 4) is 22.9 Å². The van der Waals surface area contributed by atoms with Gasteiger partial charge in [-0.15, -0.1) is 0 Å². The Morgan fingerprint density at radius 3 is 2.48 bits per heavy atom. The summed E-state index contributed by atoms with van der Waals surface area (Å²) in [5.74, 6) is 0.283. The fourth-order valence-electron chi connectivity index (χ4n) is 6.36. The number of ether oxygens (including phenoxy) is 2. The number of aromatic nitrogens is 3. The van der Waals surface area contributed by atoms with E-state index in [1.165, 1.54) is 36.2 Å². The molecule has 48 heavy (non-hydrogen) atoms. The second-order valence-corrected chi connectivity index (χ2v) is 14.3. The van der Waals surface area contributed by atoms with Crippen molar-refractivity contribution in [1.29, 1.82) is 0 Å². The lowest BCUT2D eigenvalue weighted by Gasteiger charge is -2.41. The minimum atomic E-state index is -3.60. The average molecular weight is 673 g/mol. The van der Waals surface area contributed by atoms with Crippen LogP contribution in [0.25, 0.3) is 16.6 Å². The van der Waals surface area contributed by atoms with Crippen LogP contribution in [0.5, 0.6) is 17.2 Å². The topological polar surface area (TPSA) is 145 Å². The largest absolute Gasteiger partial charge is 0.488 e. The van der Waals surface area contributed by atoms with Gasteiger partial charge in [-0.25, -0.2) is 17.5 Å². The Morgan fingerprint density at radius 2 is 1.79 bits per heavy atom. The van der Waals surface area contributed by atoms with Crippen molar-refractivity contribution in [1.82, 2.24) is 19.7 Å². The van der Waals surface area contributed by atoms with Crippen LogP contribution in [0.1, 0.15) is 53.7 Å². The molecule has 2 fully saturated rings. The van der Waals surface area contributed by atoms with Gasteiger partial charge in [-0.2, -0.15) is 5.10 Å². The molecular weight excluding hydrogens is 635 g/mol. The molecule has 0 atom stereocenters. The third-order valence-corrected chi connectivity index (χ3v) is 9.72. The number of nitrogens with two attached hydrogens (primary N) is 1. The zero-order valence-corrected chi connectivity index (χ0v) is 27.5. The number of ketones is 1. The summed E-state index contributed by atoms with van der Waals surface area (Å²) in [7, 11) is -3.60. The molecule has 0 radical (unpaired) electrons. The van der Waals surface area contributed by atoms with E-state index >= 15 is 0 Å². The van der Waals surface area contributed by atoms with Gasteiger partial charge in [0.15, 0.2) is 11.6 Å². The number of para-hydroxylation sites is 1. The molecular formula is C35H37FN6O5S. The first kappa shape index (κ1) is 31.7. The molecule has 2 aliphatic rings. The number of rotatable bonds is 10. The lowest BCUT2D eigenvalue weighted by molar-refractivity contribution is 0.0497. The Labute approximate surface area is 277 Å². The van der Waals surface area contributed by atoms with Gasteiger partial charge < -0.3 is 25.1 Å². The smallest absolute Gasteiger partial charge is 0.229 e. The number of anilines is 2. The quantitative estimate of drug-likeness (QED) is 0.149. The summed E-state index contributed by atoms with van der Waals surface area (Å²) < 4.78 is 54.8. The summed E-state index contributed by atoms with van der Waals surface area (Å²) >= 11 is 0. The van der Waals surface area contributed by atoms with E-state index in [9.17, 15) is 17.6 Å². The lowest BCUT2D eigenvalue weighted by atomic mass is 9.90. The molecule has 5 aromatic rings. The van der Waals surface area contributed by atoms with Crippen LogP contribution in [0.3, 0.4) is 0 Å². The molecule has 1 aliphatic heterocycles. The molecule has 2 aromatic heterocycles. The van der Waals surface area contributed by atoms with E-state index in [1.807, 2.05) is 6.92 Å². The Bertz CT molecular complexity index is 2110. The zero-order valence-electron chi connectivity index (χ0n) is 26.7. The summed E-state index contributed by atoms with van der Waals surface area (Å²) in [4.78, 5) is 19.3. The molecule has 0 unspecified atom stereocenters. The number of hydrogen-bond acceptors (Lipinski definition) is 8. The summed E-state index contributed by atoms with van der Waals surface area (Å²) in [6.45, 7) is 3.73. The molecule has 4 N–H and O–H groups in total. The molecule has 11 nitrogen and oxygen atoms in total. The number of H-pyrrole nitrogens is 1. The van der Waals surface area contributed by atoms with E-state index < -0.39 is 15.8 Å². The number of carbonyl (C=O) groups is 1. The number of piperidine rings is 1. The minimum absolute atomic E-state index is 0.0478. The van der Waals surface area contributed by atoms with Crippen LogP contribution in [-0.4, -0.2) is 65.4 Å². The number of likely N-dealkylation sites (tertiary alicyclic amines) is 1. The van der Waals surface area contributed by atoms with Gasteiger partial charge in [-0.3, -0.25) is 9.52 Å². The number of halogens is 1. The lowest BCUT2D eigenvalue weighted by Crippen LogP contribution is -2.46. The molecule has 13 heteroatoms. The predicted octanol–water partition coefficient (Wildman–Crippen LogP) is 6.17. The normalized spacial score (nSPS) is 16.1. The molecule has 7 rings (SSSR count). The summed E-state index contributed by atoms with van der Waals surface area (Å²) in [5.41, 5.74) is 9.07. The highest BCUT2D eigenvalue weighted by atomic mass is 32.2. The van der Waals surface area contributed by atoms with Crippen molar-refractivity contribution in [2.45, 2.75) is 51.2 Å². The SMILES string of the molecule is Cc1cc(-n2ncc(C(=O)c3cc4cc(OC5CCN(C6CCC6)CC5)c(NS(C)(=O)=O)cc4[nH]3)c2N)ccc1Oc1ccccc1F. The number of nitrogens with one attached hydrogen (secondary N) is 2. The number of benzene rings is 3. The molecule has 3 heterocycles. The van der Waals surface area contributed by atoms with Gasteiger partial charge in [0.1, 0.15) is 23.4 Å². The van der Waals surface area contributed by atoms with Crippen molar-refractivity contribution in [3.05, 3.63) is 89.5 Å². The number of hydrogen-bond donors (Lipinski definition) is 3. The highest BCUT2D eigenvalue weighted by molar-refractivity contribution is 7.92. The van der Waals surface area contributed by atoms with E-state index in [2.05, 4.69) is 19.7 Å². The molecule has 1 saturated heterocycles. The van der Waals surface area contributed by atoms with Gasteiger partial charge in [0.2, 0.25) is 15.8 Å². The van der Waals surface area contributed by atoms with Crippen molar-refractivity contribution in [2.75, 3.05) is 29.8 Å². The number of fused-ring (bicyclic) bond motifs is 1. The maximum absolute atomic E-state index is 14.1. The fraction of sp³-hybridized carbons (Fsp3) is 0.314. The summed E-state index contributed by atoms with van der Waals surface area (Å²) in [6.07, 6.45) is 7.96. The second kappa shape index (κ2) is 12.6. The first-order valence-electron chi connectivity index (χ1n) is 16.0. The van der Waals surface area contributed by atoms with Crippen molar-refractivity contribution >= 4 is 38.2 Å². The van der Waals surface area contributed by atoms with Crippen LogP contribution in [0, 0.1) is 12.7 Å². The fourth-order valence-corrected chi connectivity index (χ4v) is 6.92. The van der Waals surface area contributed by atoms with E-state index in [-0.39, 0.29) is 34.7 Å². The standard InChI is InChI=1S/C35H37FN6O5S/c1-21-16-24(10-11-31(21)47-32-9-4-3-8-27(32)36)42-35(37)26(20-38-42)34(43)30-17-22-18-33(29(19-28(22)39-30)40-48(2,44)45)46-25-12-14-41(15-13-25)23-6-5-7-23/h3-4,8-11,16-20,23,25,39-40H,5-7,12-15,37H2,1-2H3. The van der Waals surface area contributed by atoms with E-state index in [4.69, 9.17) is 15.2 Å². The van der Waals surface area contributed by atoms with Crippen LogP contribution in [0.2, 0.25) is 0 Å². The molecule has 0 bridgehead atoms. The highest BCUT2D eigenvalue weighted by Crippen LogP contribution is 2.36. The van der Waals surface area contributed by atoms with Crippen LogP contribution >= 0.6 is 0 Å². The van der Waals surface area contributed by atoms with Gasteiger partial charge in [0, 0.05) is 30.0 Å². The van der Waals surface area contributed by atoms with E-state index in [0.717, 1.165) is 37.8 Å². The van der Waals surface area contributed by atoms with Crippen molar-refractivity contribution in [2.24, 2.45) is 0 Å². The van der Waals surface area contributed by atoms with Gasteiger partial charge in [-0.05, 0) is 86.7 Å². The van der Waals surface area contributed by atoms with Gasteiger partial charge in [-0.1, -0.05) is 18.6 Å².